The van der Waals surface area contributed by atoms with Crippen molar-refractivity contribution >= 4 is 13.3 Å². The van der Waals surface area contributed by atoms with E-state index in [9.17, 15) is 0 Å². The van der Waals surface area contributed by atoms with Gasteiger partial charge >= 0.3 is 0 Å². The molecular weight excluding hydrogens is 256 g/mol. The first-order valence-corrected chi connectivity index (χ1v) is 11.1. The Balaban J connectivity index is 2.61. The van der Waals surface area contributed by atoms with E-state index in [1.165, 1.54) is 37.3 Å². The molecular formula is C19H30Si. The third-order valence-corrected chi connectivity index (χ3v) is 8.09. The van der Waals surface area contributed by atoms with E-state index in [1.54, 1.807) is 0 Å². The Morgan fingerprint density at radius 3 is 2.40 bits per heavy atom. The molecule has 0 fully saturated rings. The van der Waals surface area contributed by atoms with Crippen LogP contribution in [-0.2, 0) is 0 Å². The molecule has 1 rings (SSSR count). The predicted octanol–water partition coefficient (Wildman–Crippen LogP) is 5.68. The quantitative estimate of drug-likeness (QED) is 0.311. The molecule has 0 aromatic heterocycles. The van der Waals surface area contributed by atoms with Crippen LogP contribution in [0.4, 0.5) is 0 Å². The monoisotopic (exact) mass is 286 g/mol. The molecule has 0 spiro atoms. The highest BCUT2D eigenvalue weighted by molar-refractivity contribution is 6.91. The summed E-state index contributed by atoms with van der Waals surface area (Å²) in [6, 6.07) is 11.0. The predicted molar refractivity (Wildman–Crippen MR) is 95.4 cm³/mol. The van der Waals surface area contributed by atoms with Gasteiger partial charge in [0.2, 0.25) is 0 Å². The Labute approximate surface area is 126 Å². The zero-order chi connectivity index (χ0) is 14.8. The van der Waals surface area contributed by atoms with Crippen molar-refractivity contribution in [3.8, 4) is 0 Å². The molecule has 0 heterocycles. The first kappa shape index (κ1) is 17.0. The third-order valence-electron chi connectivity index (χ3n) is 4.17. The van der Waals surface area contributed by atoms with Crippen molar-refractivity contribution in [1.82, 2.24) is 0 Å². The lowest BCUT2D eigenvalue weighted by Gasteiger charge is -2.28. The van der Waals surface area contributed by atoms with Crippen LogP contribution in [0.3, 0.4) is 0 Å². The van der Waals surface area contributed by atoms with E-state index in [1.807, 2.05) is 0 Å². The lowest BCUT2D eigenvalue weighted by atomic mass is 10.1. The third kappa shape index (κ3) is 5.13. The summed E-state index contributed by atoms with van der Waals surface area (Å²) in [5.74, 6) is 0. The van der Waals surface area contributed by atoms with E-state index in [2.05, 4.69) is 75.2 Å². The molecule has 1 aromatic carbocycles. The van der Waals surface area contributed by atoms with E-state index < -0.39 is 8.07 Å². The van der Waals surface area contributed by atoms with E-state index in [4.69, 9.17) is 0 Å². The summed E-state index contributed by atoms with van der Waals surface area (Å²) in [6.07, 6.45) is 13.5. The van der Waals surface area contributed by atoms with E-state index in [0.29, 0.717) is 5.54 Å². The maximum Gasteiger partial charge on any atom is 0.0911 e. The summed E-state index contributed by atoms with van der Waals surface area (Å²) in [7, 11) is -1.49. The molecule has 1 heteroatoms. The van der Waals surface area contributed by atoms with Gasteiger partial charge in [0.15, 0.2) is 0 Å². The molecule has 1 aromatic rings. The van der Waals surface area contributed by atoms with Crippen molar-refractivity contribution in [2.75, 3.05) is 0 Å². The maximum atomic E-state index is 4.06. The van der Waals surface area contributed by atoms with Crippen LogP contribution in [0.25, 0.3) is 0 Å². The minimum atomic E-state index is -1.49. The minimum Gasteiger partial charge on any atom is -0.103 e. The largest absolute Gasteiger partial charge is 0.103 e. The van der Waals surface area contributed by atoms with Crippen LogP contribution in [0, 0.1) is 0 Å². The second kappa shape index (κ2) is 8.96. The fraction of sp³-hybridized carbons (Fsp3) is 0.474. The molecule has 0 N–H and O–H groups in total. The van der Waals surface area contributed by atoms with Crippen LogP contribution in [0.2, 0.25) is 18.6 Å². The SMILES string of the molecule is C=C[C@@H](/C=C/CCCCCC)[Si](C)(C)c1ccccc1. The Kier molecular flexibility index (Phi) is 7.61. The lowest BCUT2D eigenvalue weighted by Crippen LogP contribution is -2.44. The molecule has 0 unspecified atom stereocenters. The van der Waals surface area contributed by atoms with Crippen LogP contribution in [0.1, 0.15) is 39.0 Å². The molecule has 1 atom stereocenters. The zero-order valence-electron chi connectivity index (χ0n) is 13.4. The van der Waals surface area contributed by atoms with Gasteiger partial charge in [0.05, 0.1) is 8.07 Å². The van der Waals surface area contributed by atoms with Crippen LogP contribution in [0.15, 0.2) is 55.1 Å². The second-order valence-electron chi connectivity index (χ2n) is 6.13. The van der Waals surface area contributed by atoms with E-state index in [-0.39, 0.29) is 0 Å². The van der Waals surface area contributed by atoms with Gasteiger partial charge in [-0.2, -0.15) is 0 Å². The van der Waals surface area contributed by atoms with Gasteiger partial charge in [-0.05, 0) is 18.4 Å². The van der Waals surface area contributed by atoms with Crippen LogP contribution in [-0.4, -0.2) is 8.07 Å². The van der Waals surface area contributed by atoms with E-state index in [0.717, 1.165) is 0 Å². The topological polar surface area (TPSA) is 0 Å². The maximum absolute atomic E-state index is 4.06. The molecule has 0 saturated carbocycles. The lowest BCUT2D eigenvalue weighted by molar-refractivity contribution is 0.674. The van der Waals surface area contributed by atoms with Crippen LogP contribution >= 0.6 is 0 Å². The average Bonchev–Trinajstić information content (AvgIpc) is 2.47. The Hall–Kier alpha value is -1.08. The highest BCUT2D eigenvalue weighted by Gasteiger charge is 2.29. The molecule has 0 aliphatic heterocycles. The second-order valence-corrected chi connectivity index (χ2v) is 10.8. The fourth-order valence-electron chi connectivity index (χ4n) is 2.61. The van der Waals surface area contributed by atoms with Crippen molar-refractivity contribution in [2.24, 2.45) is 0 Å². The highest BCUT2D eigenvalue weighted by Crippen LogP contribution is 2.25. The van der Waals surface area contributed by atoms with Gasteiger partial charge < -0.3 is 0 Å². The van der Waals surface area contributed by atoms with Crippen LogP contribution in [0.5, 0.6) is 0 Å². The molecule has 20 heavy (non-hydrogen) atoms. The number of hydrogen-bond donors (Lipinski definition) is 0. The summed E-state index contributed by atoms with van der Waals surface area (Å²) in [6.45, 7) is 11.2. The van der Waals surface area contributed by atoms with Crippen molar-refractivity contribution < 1.29 is 0 Å². The number of benzene rings is 1. The van der Waals surface area contributed by atoms with Gasteiger partial charge in [-0.3, -0.25) is 0 Å². The molecule has 0 saturated heterocycles. The number of hydrogen-bond acceptors (Lipinski definition) is 0. The fourth-order valence-corrected chi connectivity index (χ4v) is 5.25. The Morgan fingerprint density at radius 2 is 1.80 bits per heavy atom. The number of unbranched alkanes of at least 4 members (excludes halogenated alkanes) is 4. The summed E-state index contributed by atoms with van der Waals surface area (Å²) in [5.41, 5.74) is 0.524. The smallest absolute Gasteiger partial charge is 0.0911 e. The summed E-state index contributed by atoms with van der Waals surface area (Å²) in [5, 5.41) is 1.51. The van der Waals surface area contributed by atoms with Gasteiger partial charge in [0.1, 0.15) is 0 Å². The molecule has 0 radical (unpaired) electrons. The van der Waals surface area contributed by atoms with Crippen LogP contribution < -0.4 is 5.19 Å². The Bertz CT molecular complexity index is 403. The van der Waals surface area contributed by atoms with Gasteiger partial charge in [-0.15, -0.1) is 6.58 Å². The highest BCUT2D eigenvalue weighted by atomic mass is 28.3. The first-order chi connectivity index (χ1) is 9.62. The van der Waals surface area contributed by atoms with Crippen molar-refractivity contribution in [1.29, 1.82) is 0 Å². The molecule has 110 valence electrons. The summed E-state index contributed by atoms with van der Waals surface area (Å²) in [4.78, 5) is 0. The standard InChI is InChI=1S/C19H30Si/c1-5-7-8-9-10-12-15-18(6-2)20(3,4)19-16-13-11-14-17-19/h6,11-18H,2,5,7-10H2,1,3-4H3/b15-12+/t18-/m0/s1. The van der Waals surface area contributed by atoms with Gasteiger partial charge in [0.25, 0.3) is 0 Å². The van der Waals surface area contributed by atoms with Crippen molar-refractivity contribution in [2.45, 2.75) is 57.7 Å². The molecule has 0 aliphatic carbocycles. The first-order valence-electron chi connectivity index (χ1n) is 7.97. The average molecular weight is 287 g/mol. The molecule has 0 amide bonds. The van der Waals surface area contributed by atoms with Gasteiger partial charge in [-0.25, -0.2) is 0 Å². The normalized spacial score (nSPS) is 13.6. The van der Waals surface area contributed by atoms with Gasteiger partial charge in [-0.1, -0.05) is 93.0 Å². The summed E-state index contributed by atoms with van der Waals surface area (Å²) < 4.78 is 0. The number of allylic oxidation sites excluding steroid dienone is 3. The van der Waals surface area contributed by atoms with Crippen molar-refractivity contribution in [3.63, 3.8) is 0 Å². The minimum absolute atomic E-state index is 0.524. The molecule has 0 bridgehead atoms. The van der Waals surface area contributed by atoms with Crippen molar-refractivity contribution in [3.05, 3.63) is 55.1 Å². The van der Waals surface area contributed by atoms with E-state index >= 15 is 0 Å². The Morgan fingerprint density at radius 1 is 1.10 bits per heavy atom. The molecule has 0 nitrogen and oxygen atoms in total. The van der Waals surface area contributed by atoms with Gasteiger partial charge in [0, 0.05) is 0 Å². The summed E-state index contributed by atoms with van der Waals surface area (Å²) >= 11 is 0. The molecule has 0 aliphatic rings. The number of rotatable bonds is 9. The zero-order valence-corrected chi connectivity index (χ0v) is 14.4.